The topological polar surface area (TPSA) is 101 Å². The van der Waals surface area contributed by atoms with Gasteiger partial charge in [-0.1, -0.05) is 89.0 Å². The molecule has 0 aliphatic carbocycles. The van der Waals surface area contributed by atoms with Crippen LogP contribution in [0.1, 0.15) is 119 Å². The van der Waals surface area contributed by atoms with Crippen LogP contribution in [0.25, 0.3) is 43.1 Å². The van der Waals surface area contributed by atoms with Crippen LogP contribution in [0.3, 0.4) is 0 Å². The lowest BCUT2D eigenvalue weighted by molar-refractivity contribution is 0.0593. The monoisotopic (exact) mass is 615 g/mol. The molecular weight excluding hydrogens is 574 g/mol. The second kappa shape index (κ2) is 12.4. The fourth-order valence-corrected chi connectivity index (χ4v) is 7.78. The van der Waals surface area contributed by atoms with E-state index in [0.29, 0.717) is 52.5 Å². The quantitative estimate of drug-likeness (QED) is 0.0587. The van der Waals surface area contributed by atoms with E-state index in [1.807, 2.05) is 36.4 Å². The van der Waals surface area contributed by atoms with E-state index in [-0.39, 0.29) is 30.2 Å². The number of imide groups is 2. The van der Waals surface area contributed by atoms with Crippen molar-refractivity contribution in [2.45, 2.75) is 77.6 Å². The SMILES string of the molecule is CCCCCCCCCCCCN1C(=O)c2ccc3c4ccc5c6c(ccc(c7ccc(c2c37)C1=O)c64)C(=O)N(CCCN)C5=O. The second-order valence-corrected chi connectivity index (χ2v) is 13.0. The third-order valence-electron chi connectivity index (χ3n) is 10.1. The van der Waals surface area contributed by atoms with Gasteiger partial charge in [-0.2, -0.15) is 0 Å². The number of rotatable bonds is 14. The molecule has 0 radical (unpaired) electrons. The van der Waals surface area contributed by atoms with Crippen LogP contribution >= 0.6 is 0 Å². The predicted molar refractivity (Wildman–Crippen MR) is 184 cm³/mol. The summed E-state index contributed by atoms with van der Waals surface area (Å²) in [6.45, 7) is 3.34. The third kappa shape index (κ3) is 4.75. The van der Waals surface area contributed by atoms with Crippen molar-refractivity contribution in [1.29, 1.82) is 0 Å². The van der Waals surface area contributed by atoms with E-state index in [0.717, 1.165) is 51.6 Å². The van der Waals surface area contributed by atoms with Crippen molar-refractivity contribution < 1.29 is 19.2 Å². The molecule has 0 fully saturated rings. The molecule has 0 spiro atoms. The minimum Gasteiger partial charge on any atom is -0.330 e. The Balaban J connectivity index is 1.21. The summed E-state index contributed by atoms with van der Waals surface area (Å²) in [7, 11) is 0. The van der Waals surface area contributed by atoms with E-state index < -0.39 is 0 Å². The number of nitrogens with two attached hydrogens (primary N) is 1. The van der Waals surface area contributed by atoms with Crippen LogP contribution in [0.15, 0.2) is 48.5 Å². The van der Waals surface area contributed by atoms with Crippen LogP contribution in [0, 0.1) is 0 Å². The van der Waals surface area contributed by atoms with Crippen LogP contribution in [-0.2, 0) is 0 Å². The van der Waals surface area contributed by atoms with E-state index >= 15 is 0 Å². The van der Waals surface area contributed by atoms with Crippen molar-refractivity contribution in [1.82, 2.24) is 9.80 Å². The molecule has 0 atom stereocenters. The Bertz CT molecular complexity index is 1910. The van der Waals surface area contributed by atoms with Crippen LogP contribution in [0.5, 0.6) is 0 Å². The highest BCUT2D eigenvalue weighted by molar-refractivity contribution is 6.41. The normalized spacial score (nSPS) is 14.7. The van der Waals surface area contributed by atoms with Gasteiger partial charge in [-0.25, -0.2) is 0 Å². The Labute approximate surface area is 269 Å². The smallest absolute Gasteiger partial charge is 0.261 e. The molecule has 0 aromatic heterocycles. The highest BCUT2D eigenvalue weighted by Crippen LogP contribution is 2.46. The maximum absolute atomic E-state index is 13.8. The summed E-state index contributed by atoms with van der Waals surface area (Å²) in [5, 5.41) is 6.71. The second-order valence-electron chi connectivity index (χ2n) is 13.0. The molecule has 7 heteroatoms. The van der Waals surface area contributed by atoms with E-state index in [1.165, 1.54) is 54.7 Å². The molecule has 0 saturated carbocycles. The van der Waals surface area contributed by atoms with Gasteiger partial charge in [0.05, 0.1) is 0 Å². The van der Waals surface area contributed by atoms with Crippen molar-refractivity contribution in [3.63, 3.8) is 0 Å². The fourth-order valence-electron chi connectivity index (χ4n) is 7.78. The first-order valence-corrected chi connectivity index (χ1v) is 17.1. The number of fused-ring (bicyclic) bond motifs is 2. The van der Waals surface area contributed by atoms with Crippen molar-refractivity contribution in [2.24, 2.45) is 5.73 Å². The van der Waals surface area contributed by atoms with Crippen molar-refractivity contribution >= 4 is 66.7 Å². The molecule has 0 bridgehead atoms. The average Bonchev–Trinajstić information content (AvgIpc) is 3.07. The Morgan fingerprint density at radius 3 is 1.11 bits per heavy atom. The van der Waals surface area contributed by atoms with Crippen LogP contribution < -0.4 is 5.73 Å². The molecule has 7 rings (SSSR count). The van der Waals surface area contributed by atoms with Gasteiger partial charge in [0.15, 0.2) is 0 Å². The van der Waals surface area contributed by atoms with Crippen molar-refractivity contribution in [3.05, 3.63) is 70.8 Å². The van der Waals surface area contributed by atoms with Crippen LogP contribution in [0.4, 0.5) is 0 Å². The van der Waals surface area contributed by atoms with Gasteiger partial charge in [0, 0.05) is 46.1 Å². The van der Waals surface area contributed by atoms with Gasteiger partial charge in [-0.05, 0) is 76.0 Å². The number of amides is 4. The average molecular weight is 616 g/mol. The highest BCUT2D eigenvalue weighted by atomic mass is 16.2. The first-order chi connectivity index (χ1) is 22.5. The summed E-state index contributed by atoms with van der Waals surface area (Å²) in [6.07, 6.45) is 12.5. The number of unbranched alkanes of at least 4 members (excludes halogenated alkanes) is 9. The minimum absolute atomic E-state index is 0.234. The first kappa shape index (κ1) is 30.3. The first-order valence-electron chi connectivity index (χ1n) is 17.1. The van der Waals surface area contributed by atoms with Gasteiger partial charge in [-0.3, -0.25) is 29.0 Å². The van der Waals surface area contributed by atoms with Gasteiger partial charge >= 0.3 is 0 Å². The van der Waals surface area contributed by atoms with Gasteiger partial charge in [-0.15, -0.1) is 0 Å². The number of nitrogens with zero attached hydrogens (tertiary/aromatic N) is 2. The largest absolute Gasteiger partial charge is 0.330 e. The molecule has 4 amide bonds. The van der Waals surface area contributed by atoms with E-state index in [1.54, 1.807) is 12.1 Å². The van der Waals surface area contributed by atoms with Gasteiger partial charge in [0.25, 0.3) is 23.6 Å². The van der Waals surface area contributed by atoms with E-state index in [9.17, 15) is 19.2 Å². The molecule has 2 heterocycles. The van der Waals surface area contributed by atoms with Crippen LogP contribution in [-0.4, -0.2) is 53.1 Å². The van der Waals surface area contributed by atoms with Crippen molar-refractivity contribution in [2.75, 3.05) is 19.6 Å². The molecular formula is C39H41N3O4. The molecule has 2 N–H and O–H groups in total. The Hall–Kier alpha value is -4.36. The number of carbonyl (C=O) groups is 4. The Kier molecular flexibility index (Phi) is 8.20. The van der Waals surface area contributed by atoms with E-state index in [4.69, 9.17) is 5.73 Å². The number of hydrogen-bond acceptors (Lipinski definition) is 5. The summed E-state index contributed by atoms with van der Waals surface area (Å²) in [4.78, 5) is 57.3. The summed E-state index contributed by atoms with van der Waals surface area (Å²) < 4.78 is 0. The zero-order chi connectivity index (χ0) is 31.9. The summed E-state index contributed by atoms with van der Waals surface area (Å²) >= 11 is 0. The lowest BCUT2D eigenvalue weighted by atomic mass is 9.82. The molecule has 7 nitrogen and oxygen atoms in total. The maximum Gasteiger partial charge on any atom is 0.261 e. The lowest BCUT2D eigenvalue weighted by Crippen LogP contribution is -2.41. The third-order valence-corrected chi connectivity index (χ3v) is 10.1. The zero-order valence-electron chi connectivity index (χ0n) is 26.6. The zero-order valence-corrected chi connectivity index (χ0v) is 26.6. The van der Waals surface area contributed by atoms with E-state index in [2.05, 4.69) is 6.92 Å². The fraction of sp³-hybridized carbons (Fsp3) is 0.385. The molecule has 5 aromatic carbocycles. The highest BCUT2D eigenvalue weighted by Gasteiger charge is 2.36. The molecule has 2 aliphatic heterocycles. The van der Waals surface area contributed by atoms with Gasteiger partial charge in [0.2, 0.25) is 0 Å². The van der Waals surface area contributed by atoms with Gasteiger partial charge in [0.1, 0.15) is 0 Å². The maximum atomic E-state index is 13.8. The Morgan fingerprint density at radius 2 is 0.761 bits per heavy atom. The van der Waals surface area contributed by atoms with Gasteiger partial charge < -0.3 is 5.73 Å². The molecule has 2 aliphatic rings. The number of benzene rings is 5. The molecule has 5 aromatic rings. The van der Waals surface area contributed by atoms with Crippen molar-refractivity contribution in [3.8, 4) is 0 Å². The standard InChI is InChI=1S/C39H41N3O4/c1-2-3-4-5-6-7-8-9-10-11-22-41-36(43)28-17-13-24-26-15-19-30-35-31(39(46)42(38(30)45)23-12-21-40)20-16-27(33(26)35)25-14-18-29(37(41)44)34(28)32(24)25/h13-20H,2-12,21-23,40H2,1H3. The molecule has 236 valence electrons. The summed E-state index contributed by atoms with van der Waals surface area (Å²) in [6, 6.07) is 15.1. The van der Waals surface area contributed by atoms with Crippen LogP contribution in [0.2, 0.25) is 0 Å². The summed E-state index contributed by atoms with van der Waals surface area (Å²) in [5.41, 5.74) is 7.80. The molecule has 0 saturated heterocycles. The summed E-state index contributed by atoms with van der Waals surface area (Å²) in [5.74, 6) is -1.07. The lowest BCUT2D eigenvalue weighted by Gasteiger charge is -2.30. The Morgan fingerprint density at radius 1 is 0.435 bits per heavy atom. The predicted octanol–water partition coefficient (Wildman–Crippen LogP) is 8.20. The molecule has 0 unspecified atom stereocenters. The number of carbonyl (C=O) groups excluding carboxylic acids is 4. The molecule has 46 heavy (non-hydrogen) atoms. The minimum atomic E-state index is -0.301. The number of hydrogen-bond donors (Lipinski definition) is 1.